The van der Waals surface area contributed by atoms with Gasteiger partial charge < -0.3 is 10.1 Å². The first kappa shape index (κ1) is 20.9. The largest absolute Gasteiger partial charge is 0.382 e. The van der Waals surface area contributed by atoms with E-state index in [2.05, 4.69) is 5.32 Å². The van der Waals surface area contributed by atoms with Gasteiger partial charge in [-0.15, -0.1) is 0 Å². The van der Waals surface area contributed by atoms with Crippen LogP contribution in [0.4, 0.5) is 0 Å². The Labute approximate surface area is 157 Å². The number of carbonyl (C=O) groups excluding carboxylic acids is 1. The molecule has 0 saturated carbocycles. The highest BCUT2D eigenvalue weighted by Crippen LogP contribution is 2.26. The fourth-order valence-electron chi connectivity index (χ4n) is 3.26. The van der Waals surface area contributed by atoms with Crippen LogP contribution in [0.1, 0.15) is 37.3 Å². The maximum absolute atomic E-state index is 12.9. The van der Waals surface area contributed by atoms with Crippen molar-refractivity contribution in [2.45, 2.75) is 44.9 Å². The van der Waals surface area contributed by atoms with Gasteiger partial charge in [-0.05, 0) is 51.7 Å². The highest BCUT2D eigenvalue weighted by Gasteiger charge is 2.32. The Kier molecular flexibility index (Phi) is 7.61. The number of carbonyl (C=O) groups is 1. The summed E-state index contributed by atoms with van der Waals surface area (Å²) in [4.78, 5) is 12.6. The summed E-state index contributed by atoms with van der Waals surface area (Å²) in [6, 6.07) is 5.38. The summed E-state index contributed by atoms with van der Waals surface area (Å²) in [5.41, 5.74) is 1.81. The molecule has 0 spiro atoms. The van der Waals surface area contributed by atoms with Crippen molar-refractivity contribution in [2.75, 3.05) is 32.8 Å². The number of benzene rings is 1. The lowest BCUT2D eigenvalue weighted by Gasteiger charge is -2.31. The number of hydrogen-bond donors (Lipinski definition) is 1. The van der Waals surface area contributed by atoms with Crippen molar-refractivity contribution in [3.8, 4) is 0 Å². The molecule has 1 saturated heterocycles. The molecule has 1 fully saturated rings. The number of nitrogens with zero attached hydrogens (tertiary/aromatic N) is 1. The van der Waals surface area contributed by atoms with E-state index in [0.717, 1.165) is 17.5 Å². The summed E-state index contributed by atoms with van der Waals surface area (Å²) in [5, 5.41) is 2.92. The van der Waals surface area contributed by atoms with Crippen molar-refractivity contribution in [3.63, 3.8) is 0 Å². The van der Waals surface area contributed by atoms with Crippen molar-refractivity contribution in [3.05, 3.63) is 29.3 Å². The molecule has 1 aromatic rings. The fourth-order valence-corrected chi connectivity index (χ4v) is 4.94. The van der Waals surface area contributed by atoms with E-state index < -0.39 is 10.0 Å². The smallest absolute Gasteiger partial charge is 0.243 e. The molecule has 1 aromatic carbocycles. The molecule has 0 atom stereocenters. The lowest BCUT2D eigenvalue weighted by molar-refractivity contribution is -0.126. The van der Waals surface area contributed by atoms with Gasteiger partial charge in [-0.25, -0.2) is 8.42 Å². The zero-order valence-corrected chi connectivity index (χ0v) is 16.8. The van der Waals surface area contributed by atoms with Crippen LogP contribution in [-0.2, 0) is 19.6 Å². The van der Waals surface area contributed by atoms with Crippen molar-refractivity contribution in [1.82, 2.24) is 9.62 Å². The topological polar surface area (TPSA) is 75.7 Å². The van der Waals surface area contributed by atoms with Gasteiger partial charge in [0.1, 0.15) is 0 Å². The molecule has 1 N–H and O–H groups in total. The molecule has 146 valence electrons. The summed E-state index contributed by atoms with van der Waals surface area (Å²) in [5.74, 6) is -0.0993. The van der Waals surface area contributed by atoms with Crippen LogP contribution in [0.25, 0.3) is 0 Å². The van der Waals surface area contributed by atoms with E-state index in [0.29, 0.717) is 50.6 Å². The molecule has 2 rings (SSSR count). The maximum atomic E-state index is 12.9. The predicted octanol–water partition coefficient (Wildman–Crippen LogP) is 2.25. The van der Waals surface area contributed by atoms with Crippen molar-refractivity contribution >= 4 is 15.9 Å². The van der Waals surface area contributed by atoms with Crippen LogP contribution in [0.2, 0.25) is 0 Å². The number of hydrogen-bond acceptors (Lipinski definition) is 4. The van der Waals surface area contributed by atoms with E-state index in [1.807, 2.05) is 32.9 Å². The van der Waals surface area contributed by atoms with Crippen molar-refractivity contribution < 1.29 is 17.9 Å². The fraction of sp³-hybridized carbons (Fsp3) is 0.632. The Morgan fingerprint density at radius 1 is 1.27 bits per heavy atom. The molecule has 0 unspecified atom stereocenters. The summed E-state index contributed by atoms with van der Waals surface area (Å²) in [7, 11) is -3.50. The number of sulfonamides is 1. The number of nitrogens with one attached hydrogen (secondary N) is 1. The summed E-state index contributed by atoms with van der Waals surface area (Å²) in [6.07, 6.45) is 1.91. The Hall–Kier alpha value is -1.44. The minimum Gasteiger partial charge on any atom is -0.382 e. The Bertz CT molecular complexity index is 710. The normalized spacial score (nSPS) is 16.6. The third-order valence-electron chi connectivity index (χ3n) is 4.74. The second-order valence-electron chi connectivity index (χ2n) is 6.79. The highest BCUT2D eigenvalue weighted by atomic mass is 32.2. The lowest BCUT2D eigenvalue weighted by atomic mass is 9.97. The van der Waals surface area contributed by atoms with E-state index in [4.69, 9.17) is 4.74 Å². The van der Waals surface area contributed by atoms with Crippen LogP contribution in [0.3, 0.4) is 0 Å². The van der Waals surface area contributed by atoms with Crippen LogP contribution in [0.15, 0.2) is 23.1 Å². The zero-order valence-electron chi connectivity index (χ0n) is 16.0. The molecule has 0 aliphatic carbocycles. The van der Waals surface area contributed by atoms with Gasteiger partial charge in [0.05, 0.1) is 4.90 Å². The van der Waals surface area contributed by atoms with Crippen molar-refractivity contribution in [1.29, 1.82) is 0 Å². The molecule has 26 heavy (non-hydrogen) atoms. The molecule has 1 heterocycles. The van der Waals surface area contributed by atoms with E-state index in [1.165, 1.54) is 4.31 Å². The SMILES string of the molecule is CCOCCCNC(=O)C1CCN(S(=O)(=O)c2ccc(C)cc2C)CC1. The van der Waals surface area contributed by atoms with Gasteiger partial charge in [-0.1, -0.05) is 17.7 Å². The third-order valence-corrected chi connectivity index (χ3v) is 6.80. The van der Waals surface area contributed by atoms with E-state index in [-0.39, 0.29) is 11.8 Å². The summed E-state index contributed by atoms with van der Waals surface area (Å²) < 4.78 is 32.5. The third kappa shape index (κ3) is 5.28. The number of amides is 1. The molecule has 1 aliphatic heterocycles. The second kappa shape index (κ2) is 9.48. The van der Waals surface area contributed by atoms with Gasteiger partial charge in [0.2, 0.25) is 15.9 Å². The molecular weight excluding hydrogens is 352 g/mol. The van der Waals surface area contributed by atoms with Gasteiger partial charge in [-0.3, -0.25) is 4.79 Å². The molecule has 0 radical (unpaired) electrons. The Morgan fingerprint density at radius 3 is 2.58 bits per heavy atom. The van der Waals surface area contributed by atoms with Crippen LogP contribution in [0, 0.1) is 19.8 Å². The number of ether oxygens (including phenoxy) is 1. The monoisotopic (exact) mass is 382 g/mol. The molecular formula is C19H30N2O4S. The summed E-state index contributed by atoms with van der Waals surface area (Å²) in [6.45, 7) is 8.40. The van der Waals surface area contributed by atoms with E-state index in [9.17, 15) is 13.2 Å². The first-order valence-corrected chi connectivity index (χ1v) is 10.7. The van der Waals surface area contributed by atoms with Gasteiger partial charge in [0.15, 0.2) is 0 Å². The Balaban J connectivity index is 1.88. The molecule has 6 nitrogen and oxygen atoms in total. The minimum atomic E-state index is -3.50. The molecule has 0 aromatic heterocycles. The maximum Gasteiger partial charge on any atom is 0.243 e. The Morgan fingerprint density at radius 2 is 1.96 bits per heavy atom. The average Bonchev–Trinajstić information content (AvgIpc) is 2.61. The highest BCUT2D eigenvalue weighted by molar-refractivity contribution is 7.89. The van der Waals surface area contributed by atoms with Crippen LogP contribution in [0.5, 0.6) is 0 Å². The molecule has 1 amide bonds. The van der Waals surface area contributed by atoms with Crippen LogP contribution in [-0.4, -0.2) is 51.5 Å². The quantitative estimate of drug-likeness (QED) is 0.700. The predicted molar refractivity (Wildman–Crippen MR) is 102 cm³/mol. The van der Waals surface area contributed by atoms with E-state index in [1.54, 1.807) is 6.07 Å². The standard InChI is InChI=1S/C19H30N2O4S/c1-4-25-13-5-10-20-19(22)17-8-11-21(12-9-17)26(23,24)18-7-6-15(2)14-16(18)3/h6-7,14,17H,4-5,8-13H2,1-3H3,(H,20,22). The second-order valence-corrected chi connectivity index (χ2v) is 8.70. The first-order chi connectivity index (χ1) is 12.4. The van der Waals surface area contributed by atoms with Crippen LogP contribution >= 0.6 is 0 Å². The van der Waals surface area contributed by atoms with Gasteiger partial charge >= 0.3 is 0 Å². The summed E-state index contributed by atoms with van der Waals surface area (Å²) >= 11 is 0. The zero-order chi connectivity index (χ0) is 19.2. The number of piperidine rings is 1. The van der Waals surface area contributed by atoms with E-state index >= 15 is 0 Å². The lowest BCUT2D eigenvalue weighted by Crippen LogP contribution is -2.43. The van der Waals surface area contributed by atoms with Gasteiger partial charge in [0, 0.05) is 38.8 Å². The van der Waals surface area contributed by atoms with Gasteiger partial charge in [0.25, 0.3) is 0 Å². The average molecular weight is 383 g/mol. The molecule has 1 aliphatic rings. The first-order valence-electron chi connectivity index (χ1n) is 9.29. The number of rotatable bonds is 8. The molecule has 7 heteroatoms. The van der Waals surface area contributed by atoms with Gasteiger partial charge in [-0.2, -0.15) is 4.31 Å². The number of aryl methyl sites for hydroxylation is 2. The van der Waals surface area contributed by atoms with Crippen LogP contribution < -0.4 is 5.32 Å². The minimum absolute atomic E-state index is 0.0186. The molecule has 0 bridgehead atoms. The van der Waals surface area contributed by atoms with Crippen molar-refractivity contribution in [2.24, 2.45) is 5.92 Å².